The van der Waals surface area contributed by atoms with Crippen molar-refractivity contribution >= 4 is 29.0 Å². The Balaban J connectivity index is 1.73. The number of thioether (sulfide) groups is 1. The van der Waals surface area contributed by atoms with Gasteiger partial charge in [0.25, 0.3) is 0 Å². The Morgan fingerprint density at radius 3 is 2.53 bits per heavy atom. The van der Waals surface area contributed by atoms with Gasteiger partial charge >= 0.3 is 0 Å². The van der Waals surface area contributed by atoms with Gasteiger partial charge in [0.05, 0.1) is 11.6 Å². The molecule has 4 aromatic rings. The minimum absolute atomic E-state index is 0.0180. The normalized spacial score (nSPS) is 12.6. The number of carbonyl (C=O) groups excluding carboxylic acids is 1. The molecule has 0 saturated carbocycles. The zero-order valence-electron chi connectivity index (χ0n) is 20.4. The quantitative estimate of drug-likeness (QED) is 0.223. The molecule has 0 aliphatic rings. The van der Waals surface area contributed by atoms with Crippen LogP contribution in [0.15, 0.2) is 66.0 Å². The highest BCUT2D eigenvalue weighted by molar-refractivity contribution is 8.00. The van der Waals surface area contributed by atoms with Crippen molar-refractivity contribution in [3.63, 3.8) is 0 Å². The molecule has 1 unspecified atom stereocenters. The number of aromatic nitrogens is 3. The van der Waals surface area contributed by atoms with Crippen molar-refractivity contribution in [3.8, 4) is 5.75 Å². The van der Waals surface area contributed by atoms with Gasteiger partial charge in [-0.05, 0) is 60.9 Å². The van der Waals surface area contributed by atoms with Gasteiger partial charge in [-0.3, -0.25) is 9.97 Å². The van der Waals surface area contributed by atoms with Gasteiger partial charge in [-0.1, -0.05) is 26.8 Å². The number of fused-ring (bicyclic) bond motifs is 1. The summed E-state index contributed by atoms with van der Waals surface area (Å²) in [6.07, 6.45) is 7.11. The molecule has 1 atom stereocenters. The standard InChI is InChI=1S/C28H31N3O2S/c1-19-6-7-22(30-16-19)18-33-23-8-9-25-24(15-23)27(34-28(2,3)4)26(31(25)5)21(17-32)14-20-10-12-29-13-11-20/h6-13,15-17,21H,14,18H2,1-5H3. The Morgan fingerprint density at radius 1 is 1.12 bits per heavy atom. The first-order valence-electron chi connectivity index (χ1n) is 11.4. The molecule has 3 aromatic heterocycles. The van der Waals surface area contributed by atoms with E-state index in [0.29, 0.717) is 13.0 Å². The fraction of sp³-hybridized carbons (Fsp3) is 0.321. The molecule has 0 bridgehead atoms. The fourth-order valence-electron chi connectivity index (χ4n) is 4.05. The van der Waals surface area contributed by atoms with Crippen molar-refractivity contribution in [1.29, 1.82) is 0 Å². The first kappa shape index (κ1) is 24.0. The average Bonchev–Trinajstić information content (AvgIpc) is 3.07. The molecule has 6 heteroatoms. The summed E-state index contributed by atoms with van der Waals surface area (Å²) < 4.78 is 8.24. The second-order valence-corrected chi connectivity index (χ2v) is 11.4. The monoisotopic (exact) mass is 473 g/mol. The van der Waals surface area contributed by atoms with Crippen LogP contribution in [-0.4, -0.2) is 25.6 Å². The highest BCUT2D eigenvalue weighted by Gasteiger charge is 2.27. The van der Waals surface area contributed by atoms with E-state index in [1.807, 2.05) is 50.5 Å². The molecule has 0 amide bonds. The Kier molecular flexibility index (Phi) is 7.08. The van der Waals surface area contributed by atoms with Crippen LogP contribution in [0.5, 0.6) is 5.75 Å². The van der Waals surface area contributed by atoms with Gasteiger partial charge in [0.1, 0.15) is 18.6 Å². The minimum atomic E-state index is -0.259. The average molecular weight is 474 g/mol. The highest BCUT2D eigenvalue weighted by atomic mass is 32.2. The molecule has 4 rings (SSSR count). The zero-order chi connectivity index (χ0) is 24.3. The maximum atomic E-state index is 12.3. The summed E-state index contributed by atoms with van der Waals surface area (Å²) in [6, 6.07) is 14.1. The van der Waals surface area contributed by atoms with E-state index in [1.54, 1.807) is 24.2 Å². The van der Waals surface area contributed by atoms with Crippen LogP contribution >= 0.6 is 11.8 Å². The summed E-state index contributed by atoms with van der Waals surface area (Å²) in [5.41, 5.74) is 5.24. The second kappa shape index (κ2) is 10.0. The van der Waals surface area contributed by atoms with Crippen LogP contribution in [-0.2, 0) is 24.9 Å². The van der Waals surface area contributed by atoms with Gasteiger partial charge in [-0.2, -0.15) is 0 Å². The molecule has 0 aliphatic carbocycles. The lowest BCUT2D eigenvalue weighted by atomic mass is 9.98. The lowest BCUT2D eigenvalue weighted by molar-refractivity contribution is -0.109. The van der Waals surface area contributed by atoms with Gasteiger partial charge in [-0.25, -0.2) is 0 Å². The van der Waals surface area contributed by atoms with Crippen LogP contribution in [0.1, 0.15) is 49.2 Å². The Bertz CT molecular complexity index is 1280. The summed E-state index contributed by atoms with van der Waals surface area (Å²) >= 11 is 1.80. The lowest BCUT2D eigenvalue weighted by Crippen LogP contribution is -2.13. The van der Waals surface area contributed by atoms with E-state index in [-0.39, 0.29) is 10.7 Å². The van der Waals surface area contributed by atoms with E-state index < -0.39 is 0 Å². The number of hydrogen-bond acceptors (Lipinski definition) is 5. The maximum Gasteiger partial charge on any atom is 0.130 e. The van der Waals surface area contributed by atoms with E-state index in [2.05, 4.69) is 47.4 Å². The summed E-state index contributed by atoms with van der Waals surface area (Å²) in [5.74, 6) is 0.533. The topological polar surface area (TPSA) is 57.0 Å². The second-order valence-electron chi connectivity index (χ2n) is 9.58. The van der Waals surface area contributed by atoms with Crippen molar-refractivity contribution in [1.82, 2.24) is 14.5 Å². The van der Waals surface area contributed by atoms with Crippen LogP contribution in [0.3, 0.4) is 0 Å². The maximum absolute atomic E-state index is 12.3. The predicted molar refractivity (Wildman–Crippen MR) is 139 cm³/mol. The van der Waals surface area contributed by atoms with Crippen molar-refractivity contribution in [3.05, 3.63) is 83.6 Å². The minimum Gasteiger partial charge on any atom is -0.487 e. The molecule has 3 heterocycles. The first-order chi connectivity index (χ1) is 16.2. The Morgan fingerprint density at radius 2 is 1.88 bits per heavy atom. The summed E-state index contributed by atoms with van der Waals surface area (Å²) in [6.45, 7) is 9.02. The molecule has 0 fully saturated rings. The number of pyridine rings is 2. The third-order valence-electron chi connectivity index (χ3n) is 5.66. The number of benzene rings is 1. The molecular formula is C28H31N3O2S. The highest BCUT2D eigenvalue weighted by Crippen LogP contribution is 2.44. The largest absolute Gasteiger partial charge is 0.487 e. The lowest BCUT2D eigenvalue weighted by Gasteiger charge is -2.21. The van der Waals surface area contributed by atoms with E-state index >= 15 is 0 Å². The van der Waals surface area contributed by atoms with E-state index in [1.165, 1.54) is 0 Å². The third kappa shape index (κ3) is 5.50. The first-order valence-corrected chi connectivity index (χ1v) is 12.3. The smallest absolute Gasteiger partial charge is 0.130 e. The van der Waals surface area contributed by atoms with Crippen LogP contribution in [0.2, 0.25) is 0 Å². The molecule has 0 saturated heterocycles. The third-order valence-corrected chi connectivity index (χ3v) is 6.90. The van der Waals surface area contributed by atoms with E-state index in [9.17, 15) is 4.79 Å². The molecule has 0 aliphatic heterocycles. The van der Waals surface area contributed by atoms with Crippen LogP contribution in [0, 0.1) is 6.92 Å². The number of aryl methyl sites for hydroxylation is 2. The van der Waals surface area contributed by atoms with Crippen molar-refractivity contribution < 1.29 is 9.53 Å². The molecule has 176 valence electrons. The number of carbonyl (C=O) groups is 1. The predicted octanol–water partition coefficient (Wildman–Crippen LogP) is 6.27. The van der Waals surface area contributed by atoms with Gasteiger partial charge in [0.2, 0.25) is 0 Å². The fourth-order valence-corrected chi connectivity index (χ4v) is 5.33. The number of rotatable bonds is 8. The number of ether oxygens (including phenoxy) is 1. The summed E-state index contributed by atoms with van der Waals surface area (Å²) in [5, 5.41) is 1.10. The zero-order valence-corrected chi connectivity index (χ0v) is 21.2. The summed E-state index contributed by atoms with van der Waals surface area (Å²) in [4.78, 5) is 22.0. The van der Waals surface area contributed by atoms with E-state index in [0.717, 1.165) is 50.3 Å². The molecule has 5 nitrogen and oxygen atoms in total. The van der Waals surface area contributed by atoms with Crippen molar-refractivity contribution in [2.75, 3.05) is 0 Å². The molecule has 0 radical (unpaired) electrons. The van der Waals surface area contributed by atoms with Crippen LogP contribution in [0.25, 0.3) is 10.9 Å². The molecule has 34 heavy (non-hydrogen) atoms. The molecular weight excluding hydrogens is 442 g/mol. The van der Waals surface area contributed by atoms with Gasteiger partial charge in [-0.15, -0.1) is 11.8 Å². The van der Waals surface area contributed by atoms with E-state index in [4.69, 9.17) is 4.74 Å². The van der Waals surface area contributed by atoms with Crippen molar-refractivity contribution in [2.45, 2.75) is 56.3 Å². The van der Waals surface area contributed by atoms with Gasteiger partial charge in [0, 0.05) is 51.9 Å². The molecule has 0 spiro atoms. The molecule has 1 aromatic carbocycles. The number of aldehydes is 1. The Labute approximate surface area is 205 Å². The van der Waals surface area contributed by atoms with Gasteiger partial charge < -0.3 is 14.1 Å². The van der Waals surface area contributed by atoms with Crippen molar-refractivity contribution in [2.24, 2.45) is 7.05 Å². The number of hydrogen-bond donors (Lipinski definition) is 0. The SMILES string of the molecule is Cc1ccc(COc2ccc3c(c2)c(SC(C)(C)C)c(C(C=O)Cc2ccncc2)n3C)nc1. The Hall–Kier alpha value is -3.12. The van der Waals surface area contributed by atoms with Crippen LogP contribution in [0.4, 0.5) is 0 Å². The number of nitrogens with zero attached hydrogens (tertiary/aromatic N) is 3. The summed E-state index contributed by atoms with van der Waals surface area (Å²) in [7, 11) is 2.05. The molecule has 0 N–H and O–H groups in total. The van der Waals surface area contributed by atoms with Crippen LogP contribution < -0.4 is 4.74 Å². The van der Waals surface area contributed by atoms with Gasteiger partial charge in [0.15, 0.2) is 0 Å².